The number of aliphatic hydroxyl groups excluding tert-OH is 1. The van der Waals surface area contributed by atoms with Crippen LogP contribution in [0.2, 0.25) is 0 Å². The lowest BCUT2D eigenvalue weighted by molar-refractivity contribution is -0.0356. The van der Waals surface area contributed by atoms with Crippen molar-refractivity contribution in [1.82, 2.24) is 0 Å². The zero-order valence-electron chi connectivity index (χ0n) is 6.03. The molecule has 0 aromatic carbocycles. The van der Waals surface area contributed by atoms with Crippen molar-refractivity contribution < 1.29 is 9.84 Å². The molecular formula is C8H12O2. The van der Waals surface area contributed by atoms with Crippen LogP contribution in [0.1, 0.15) is 0 Å². The minimum atomic E-state index is -0.811. The summed E-state index contributed by atoms with van der Waals surface area (Å²) in [6.45, 7) is 3.48. The minimum Gasteiger partial charge on any atom is -0.365 e. The van der Waals surface area contributed by atoms with E-state index in [1.54, 1.807) is 24.3 Å². The molecule has 0 heterocycles. The van der Waals surface area contributed by atoms with Gasteiger partial charge in [0.1, 0.15) is 0 Å². The molecule has 56 valence electrons. The molecule has 0 aromatic heterocycles. The van der Waals surface area contributed by atoms with Crippen LogP contribution in [0, 0.1) is 0 Å². The average Bonchev–Trinajstić information content (AvgIpc) is 1.98. The Bertz CT molecular complexity index is 136. The lowest BCUT2D eigenvalue weighted by Crippen LogP contribution is -2.02. The second-order valence-corrected chi connectivity index (χ2v) is 1.63. The van der Waals surface area contributed by atoms with Crippen molar-refractivity contribution in [2.24, 2.45) is 0 Å². The molecule has 0 aliphatic rings. The smallest absolute Gasteiger partial charge is 0.174 e. The molecule has 2 heteroatoms. The van der Waals surface area contributed by atoms with Crippen LogP contribution < -0.4 is 0 Å². The van der Waals surface area contributed by atoms with Gasteiger partial charge in [0.05, 0.1) is 0 Å². The van der Waals surface area contributed by atoms with Gasteiger partial charge >= 0.3 is 0 Å². The first-order chi connectivity index (χ1) is 4.81. The van der Waals surface area contributed by atoms with Gasteiger partial charge in [-0.15, -0.1) is 0 Å². The Kier molecular flexibility index (Phi) is 5.72. The second kappa shape index (κ2) is 6.26. The van der Waals surface area contributed by atoms with Gasteiger partial charge in [-0.3, -0.25) is 0 Å². The lowest BCUT2D eigenvalue weighted by Gasteiger charge is -1.98. The van der Waals surface area contributed by atoms with Gasteiger partial charge in [0, 0.05) is 7.11 Å². The zero-order chi connectivity index (χ0) is 7.82. The highest BCUT2D eigenvalue weighted by Crippen LogP contribution is 1.86. The molecule has 0 spiro atoms. The van der Waals surface area contributed by atoms with E-state index in [1.807, 2.05) is 0 Å². The Morgan fingerprint density at radius 3 is 2.60 bits per heavy atom. The van der Waals surface area contributed by atoms with E-state index >= 15 is 0 Å². The summed E-state index contributed by atoms with van der Waals surface area (Å²) in [7, 11) is 1.44. The Balaban J connectivity index is 3.54. The maximum absolute atomic E-state index is 8.79. The summed E-state index contributed by atoms with van der Waals surface area (Å²) in [6, 6.07) is 0. The average molecular weight is 140 g/mol. The highest BCUT2D eigenvalue weighted by molar-refractivity contribution is 5.09. The summed E-state index contributed by atoms with van der Waals surface area (Å²) in [6.07, 6.45) is 7.59. The van der Waals surface area contributed by atoms with Gasteiger partial charge in [-0.1, -0.05) is 30.9 Å². The molecule has 0 fully saturated rings. The van der Waals surface area contributed by atoms with E-state index in [1.165, 1.54) is 13.2 Å². The highest BCUT2D eigenvalue weighted by atomic mass is 16.6. The van der Waals surface area contributed by atoms with Crippen LogP contribution in [0.5, 0.6) is 0 Å². The number of hydrogen-bond donors (Lipinski definition) is 1. The SMILES string of the molecule is C=C/C=C\C=C\C(O)OC. The summed E-state index contributed by atoms with van der Waals surface area (Å²) < 4.78 is 4.54. The molecule has 0 amide bonds. The minimum absolute atomic E-state index is 0.811. The molecular weight excluding hydrogens is 128 g/mol. The molecule has 10 heavy (non-hydrogen) atoms. The molecule has 0 radical (unpaired) electrons. The van der Waals surface area contributed by atoms with Gasteiger partial charge in [-0.05, 0) is 6.08 Å². The van der Waals surface area contributed by atoms with Crippen LogP contribution in [-0.2, 0) is 4.74 Å². The molecule has 0 aliphatic heterocycles. The molecule has 0 saturated carbocycles. The van der Waals surface area contributed by atoms with Crippen molar-refractivity contribution in [3.05, 3.63) is 37.0 Å². The van der Waals surface area contributed by atoms with E-state index in [0.717, 1.165) is 0 Å². The lowest BCUT2D eigenvalue weighted by atomic mass is 10.4. The fourth-order valence-corrected chi connectivity index (χ4v) is 0.380. The van der Waals surface area contributed by atoms with Gasteiger partial charge in [-0.25, -0.2) is 0 Å². The number of allylic oxidation sites excluding steroid dienone is 4. The van der Waals surface area contributed by atoms with Crippen molar-refractivity contribution in [3.63, 3.8) is 0 Å². The highest BCUT2D eigenvalue weighted by Gasteiger charge is 1.88. The van der Waals surface area contributed by atoms with Crippen molar-refractivity contribution in [2.45, 2.75) is 6.29 Å². The standard InChI is InChI=1S/C8H12O2/c1-3-4-5-6-7-8(9)10-2/h3-9H,1H2,2H3/b5-4-,7-6+. The van der Waals surface area contributed by atoms with Gasteiger partial charge < -0.3 is 9.84 Å². The van der Waals surface area contributed by atoms with Gasteiger partial charge in [-0.2, -0.15) is 0 Å². The Morgan fingerprint density at radius 2 is 2.10 bits per heavy atom. The van der Waals surface area contributed by atoms with E-state index in [4.69, 9.17) is 5.11 Å². The summed E-state index contributed by atoms with van der Waals surface area (Å²) in [5, 5.41) is 8.79. The zero-order valence-corrected chi connectivity index (χ0v) is 6.03. The first kappa shape index (κ1) is 9.14. The maximum atomic E-state index is 8.79. The third-order valence-corrected chi connectivity index (χ3v) is 0.876. The van der Waals surface area contributed by atoms with Crippen molar-refractivity contribution in [2.75, 3.05) is 7.11 Å². The molecule has 2 nitrogen and oxygen atoms in total. The summed E-state index contributed by atoms with van der Waals surface area (Å²) in [4.78, 5) is 0. The van der Waals surface area contributed by atoms with Crippen LogP contribution in [0.4, 0.5) is 0 Å². The molecule has 0 bridgehead atoms. The van der Waals surface area contributed by atoms with E-state index in [0.29, 0.717) is 0 Å². The first-order valence-corrected chi connectivity index (χ1v) is 2.98. The predicted molar refractivity (Wildman–Crippen MR) is 41.5 cm³/mol. The topological polar surface area (TPSA) is 29.5 Å². The molecule has 1 atom stereocenters. The van der Waals surface area contributed by atoms with Crippen LogP contribution in [-0.4, -0.2) is 18.5 Å². The molecule has 1 N–H and O–H groups in total. The van der Waals surface area contributed by atoms with Gasteiger partial charge in [0.15, 0.2) is 6.29 Å². The summed E-state index contributed by atoms with van der Waals surface area (Å²) >= 11 is 0. The normalized spacial score (nSPS) is 14.6. The first-order valence-electron chi connectivity index (χ1n) is 2.98. The van der Waals surface area contributed by atoms with Crippen molar-refractivity contribution >= 4 is 0 Å². The van der Waals surface area contributed by atoms with Crippen molar-refractivity contribution in [3.8, 4) is 0 Å². The fourth-order valence-electron chi connectivity index (χ4n) is 0.380. The van der Waals surface area contributed by atoms with Crippen LogP contribution in [0.25, 0.3) is 0 Å². The maximum Gasteiger partial charge on any atom is 0.174 e. The number of rotatable bonds is 4. The number of hydrogen-bond acceptors (Lipinski definition) is 2. The van der Waals surface area contributed by atoms with Crippen LogP contribution in [0.3, 0.4) is 0 Å². The van der Waals surface area contributed by atoms with E-state index in [-0.39, 0.29) is 0 Å². The molecule has 0 saturated heterocycles. The third kappa shape index (κ3) is 5.28. The van der Waals surface area contributed by atoms with E-state index < -0.39 is 6.29 Å². The largest absolute Gasteiger partial charge is 0.365 e. The number of methoxy groups -OCH3 is 1. The van der Waals surface area contributed by atoms with E-state index in [9.17, 15) is 0 Å². The Morgan fingerprint density at radius 1 is 1.40 bits per heavy atom. The summed E-state index contributed by atoms with van der Waals surface area (Å²) in [5.74, 6) is 0. The number of aliphatic hydroxyl groups is 1. The Hall–Kier alpha value is -0.860. The number of ether oxygens (including phenoxy) is 1. The van der Waals surface area contributed by atoms with Crippen molar-refractivity contribution in [1.29, 1.82) is 0 Å². The van der Waals surface area contributed by atoms with Crippen LogP contribution >= 0.6 is 0 Å². The predicted octanol–water partition coefficient (Wildman–Crippen LogP) is 1.25. The Labute approximate surface area is 61.1 Å². The van der Waals surface area contributed by atoms with Crippen LogP contribution in [0.15, 0.2) is 37.0 Å². The molecule has 0 rings (SSSR count). The fraction of sp³-hybridized carbons (Fsp3) is 0.250. The van der Waals surface area contributed by atoms with Gasteiger partial charge in [0.25, 0.3) is 0 Å². The molecule has 1 unspecified atom stereocenters. The van der Waals surface area contributed by atoms with E-state index in [2.05, 4.69) is 11.3 Å². The molecule has 0 aromatic rings. The van der Waals surface area contributed by atoms with Gasteiger partial charge in [0.2, 0.25) is 0 Å². The third-order valence-electron chi connectivity index (χ3n) is 0.876. The molecule has 0 aliphatic carbocycles. The second-order valence-electron chi connectivity index (χ2n) is 1.63. The summed E-state index contributed by atoms with van der Waals surface area (Å²) in [5.41, 5.74) is 0. The quantitative estimate of drug-likeness (QED) is 0.470. The monoisotopic (exact) mass is 140 g/mol.